The molecule has 0 amide bonds. The summed E-state index contributed by atoms with van der Waals surface area (Å²) in [5.74, 6) is 1.96. The predicted octanol–water partition coefficient (Wildman–Crippen LogP) is 2.14. The Morgan fingerprint density at radius 3 is 1.84 bits per heavy atom. The first kappa shape index (κ1) is 15.6. The highest BCUT2D eigenvalue weighted by molar-refractivity contribution is 5.52. The first-order valence-corrected chi connectivity index (χ1v) is 6.22. The fourth-order valence-corrected chi connectivity index (χ4v) is 1.92. The van der Waals surface area contributed by atoms with E-state index >= 15 is 0 Å². The molecule has 0 aliphatic heterocycles. The van der Waals surface area contributed by atoms with Gasteiger partial charge in [0.15, 0.2) is 0 Å². The van der Waals surface area contributed by atoms with Gasteiger partial charge in [-0.25, -0.2) is 0 Å². The van der Waals surface area contributed by atoms with E-state index in [4.69, 9.17) is 24.7 Å². The van der Waals surface area contributed by atoms with Crippen molar-refractivity contribution in [2.45, 2.75) is 26.1 Å². The van der Waals surface area contributed by atoms with E-state index in [1.54, 1.807) is 33.5 Å². The van der Waals surface area contributed by atoms with Crippen LogP contribution >= 0.6 is 0 Å². The number of nitrogens with two attached hydrogens (primary N) is 1. The first-order chi connectivity index (χ1) is 9.07. The number of hydrogen-bond acceptors (Lipinski definition) is 5. The van der Waals surface area contributed by atoms with E-state index < -0.39 is 0 Å². The van der Waals surface area contributed by atoms with Gasteiger partial charge in [0.05, 0.1) is 33.0 Å². The lowest BCUT2D eigenvalue weighted by molar-refractivity contribution is 0.00946. The molecule has 5 nitrogen and oxygen atoms in total. The van der Waals surface area contributed by atoms with Gasteiger partial charge in [-0.3, -0.25) is 0 Å². The van der Waals surface area contributed by atoms with Crippen LogP contribution in [0.1, 0.15) is 25.5 Å². The van der Waals surface area contributed by atoms with Crippen LogP contribution in [0.3, 0.4) is 0 Å². The van der Waals surface area contributed by atoms with E-state index in [0.29, 0.717) is 23.8 Å². The molecule has 0 saturated heterocycles. The van der Waals surface area contributed by atoms with E-state index in [1.165, 1.54) is 0 Å². The maximum atomic E-state index is 5.82. The summed E-state index contributed by atoms with van der Waals surface area (Å²) in [5.41, 5.74) is 6.61. The third-order valence-electron chi connectivity index (χ3n) is 2.73. The van der Waals surface area contributed by atoms with Crippen molar-refractivity contribution in [2.24, 2.45) is 5.73 Å². The highest BCUT2D eigenvalue weighted by Gasteiger charge is 2.23. The summed E-state index contributed by atoms with van der Waals surface area (Å²) < 4.78 is 21.8. The van der Waals surface area contributed by atoms with Crippen molar-refractivity contribution in [3.05, 3.63) is 17.7 Å². The highest BCUT2D eigenvalue weighted by Crippen LogP contribution is 2.39. The molecule has 0 radical (unpaired) electrons. The molecule has 0 saturated carbocycles. The van der Waals surface area contributed by atoms with Crippen LogP contribution in [-0.4, -0.2) is 34.0 Å². The monoisotopic (exact) mass is 269 g/mol. The lowest BCUT2D eigenvalue weighted by Crippen LogP contribution is -2.20. The second-order valence-corrected chi connectivity index (χ2v) is 4.35. The van der Waals surface area contributed by atoms with E-state index in [1.807, 2.05) is 13.8 Å². The molecule has 1 unspecified atom stereocenters. The van der Waals surface area contributed by atoms with Crippen LogP contribution in [-0.2, 0) is 4.74 Å². The van der Waals surface area contributed by atoms with Crippen molar-refractivity contribution < 1.29 is 18.9 Å². The van der Waals surface area contributed by atoms with Crippen molar-refractivity contribution in [3.63, 3.8) is 0 Å². The third-order valence-corrected chi connectivity index (χ3v) is 2.73. The van der Waals surface area contributed by atoms with Crippen LogP contribution in [0.2, 0.25) is 0 Å². The molecule has 1 aromatic rings. The fourth-order valence-electron chi connectivity index (χ4n) is 1.92. The summed E-state index contributed by atoms with van der Waals surface area (Å²) in [6.07, 6.45) is -0.221. The topological polar surface area (TPSA) is 62.9 Å². The fraction of sp³-hybridized carbons (Fsp3) is 0.571. The molecule has 19 heavy (non-hydrogen) atoms. The standard InChI is InChI=1S/C14H23NO4/c1-9(2)19-13(8-15)14-11(17-4)6-10(16-3)7-12(14)18-5/h6-7,9,13H,8,15H2,1-5H3. The average molecular weight is 269 g/mol. The van der Waals surface area contributed by atoms with Gasteiger partial charge < -0.3 is 24.7 Å². The van der Waals surface area contributed by atoms with Crippen LogP contribution in [0.4, 0.5) is 0 Å². The molecule has 0 aliphatic carbocycles. The van der Waals surface area contributed by atoms with Crippen LogP contribution in [0.5, 0.6) is 17.2 Å². The van der Waals surface area contributed by atoms with Crippen LogP contribution in [0.25, 0.3) is 0 Å². The largest absolute Gasteiger partial charge is 0.496 e. The molecule has 1 atom stereocenters. The van der Waals surface area contributed by atoms with Crippen molar-refractivity contribution in [2.75, 3.05) is 27.9 Å². The Morgan fingerprint density at radius 2 is 1.53 bits per heavy atom. The quantitative estimate of drug-likeness (QED) is 0.821. The molecule has 0 fully saturated rings. The zero-order valence-corrected chi connectivity index (χ0v) is 12.2. The number of rotatable bonds is 7. The third kappa shape index (κ3) is 3.75. The number of ether oxygens (including phenoxy) is 4. The molecule has 2 N–H and O–H groups in total. The maximum absolute atomic E-state index is 5.82. The molecule has 0 bridgehead atoms. The molecule has 0 heterocycles. The Labute approximate surface area is 114 Å². The second-order valence-electron chi connectivity index (χ2n) is 4.35. The van der Waals surface area contributed by atoms with Crippen LogP contribution < -0.4 is 19.9 Å². The van der Waals surface area contributed by atoms with E-state index in [-0.39, 0.29) is 12.2 Å². The Balaban J connectivity index is 3.28. The van der Waals surface area contributed by atoms with Gasteiger partial charge in [-0.05, 0) is 13.8 Å². The van der Waals surface area contributed by atoms with Crippen molar-refractivity contribution in [3.8, 4) is 17.2 Å². The van der Waals surface area contributed by atoms with E-state index in [0.717, 1.165) is 5.56 Å². The zero-order chi connectivity index (χ0) is 14.4. The summed E-state index contributed by atoms with van der Waals surface area (Å²) >= 11 is 0. The van der Waals surface area contributed by atoms with Gasteiger partial charge in [0.1, 0.15) is 23.4 Å². The summed E-state index contributed by atoms with van der Waals surface area (Å²) in [6, 6.07) is 3.59. The normalized spacial score (nSPS) is 12.4. The lowest BCUT2D eigenvalue weighted by Gasteiger charge is -2.23. The molecular formula is C14H23NO4. The minimum absolute atomic E-state index is 0.0602. The predicted molar refractivity (Wildman–Crippen MR) is 74.1 cm³/mol. The zero-order valence-electron chi connectivity index (χ0n) is 12.2. The molecule has 0 aromatic heterocycles. The Bertz CT molecular complexity index is 381. The van der Waals surface area contributed by atoms with Crippen molar-refractivity contribution in [1.29, 1.82) is 0 Å². The van der Waals surface area contributed by atoms with Gasteiger partial charge >= 0.3 is 0 Å². The molecule has 1 aromatic carbocycles. The summed E-state index contributed by atoms with van der Waals surface area (Å²) in [6.45, 7) is 4.27. The summed E-state index contributed by atoms with van der Waals surface area (Å²) in [7, 11) is 4.79. The number of hydrogen-bond donors (Lipinski definition) is 1. The van der Waals surface area contributed by atoms with E-state index in [2.05, 4.69) is 0 Å². The van der Waals surface area contributed by atoms with Gasteiger partial charge in [-0.15, -0.1) is 0 Å². The highest BCUT2D eigenvalue weighted by atomic mass is 16.5. The molecule has 1 rings (SSSR count). The minimum Gasteiger partial charge on any atom is -0.496 e. The molecule has 108 valence electrons. The van der Waals surface area contributed by atoms with Gasteiger partial charge in [-0.2, -0.15) is 0 Å². The summed E-state index contributed by atoms with van der Waals surface area (Å²) in [5, 5.41) is 0. The van der Waals surface area contributed by atoms with Crippen molar-refractivity contribution in [1.82, 2.24) is 0 Å². The van der Waals surface area contributed by atoms with Gasteiger partial charge in [0, 0.05) is 18.7 Å². The Morgan fingerprint density at radius 1 is 1.00 bits per heavy atom. The molecule has 5 heteroatoms. The smallest absolute Gasteiger partial charge is 0.132 e. The SMILES string of the molecule is COc1cc(OC)c(C(CN)OC(C)C)c(OC)c1. The van der Waals surface area contributed by atoms with Gasteiger partial charge in [-0.1, -0.05) is 0 Å². The van der Waals surface area contributed by atoms with Crippen LogP contribution in [0, 0.1) is 0 Å². The summed E-state index contributed by atoms with van der Waals surface area (Å²) in [4.78, 5) is 0. The number of benzene rings is 1. The number of methoxy groups -OCH3 is 3. The average Bonchev–Trinajstić information content (AvgIpc) is 2.42. The van der Waals surface area contributed by atoms with Gasteiger partial charge in [0.2, 0.25) is 0 Å². The first-order valence-electron chi connectivity index (χ1n) is 6.22. The van der Waals surface area contributed by atoms with Gasteiger partial charge in [0.25, 0.3) is 0 Å². The molecular weight excluding hydrogens is 246 g/mol. The molecule has 0 spiro atoms. The van der Waals surface area contributed by atoms with E-state index in [9.17, 15) is 0 Å². The van der Waals surface area contributed by atoms with Crippen LogP contribution in [0.15, 0.2) is 12.1 Å². The Kier molecular flexibility index (Phi) is 5.92. The lowest BCUT2D eigenvalue weighted by atomic mass is 10.1. The minimum atomic E-state index is -0.282. The van der Waals surface area contributed by atoms with Crippen molar-refractivity contribution >= 4 is 0 Å². The maximum Gasteiger partial charge on any atom is 0.132 e. The molecule has 0 aliphatic rings. The second kappa shape index (κ2) is 7.21. The Hall–Kier alpha value is -1.46.